The standard InChI is InChI=1S/C21H16BrN3O4/c1-12-7-13(2)25(24-12)19-6-3-14(10-23-19)21(27)28-11-15-8-20(26)29-18-9-16(22)4-5-17(15)18/h3-10H,11H2,1-2H3. The molecule has 0 unspecified atom stereocenters. The fraction of sp³-hybridized carbons (Fsp3) is 0.143. The SMILES string of the molecule is Cc1cc(C)n(-c2ccc(C(=O)OCc3cc(=O)oc4cc(Br)ccc34)cn2)n1. The quantitative estimate of drug-likeness (QED) is 0.341. The van der Waals surface area contributed by atoms with Crippen molar-refractivity contribution in [1.82, 2.24) is 14.8 Å². The van der Waals surface area contributed by atoms with Crippen molar-refractivity contribution in [2.45, 2.75) is 20.5 Å². The van der Waals surface area contributed by atoms with Crippen molar-refractivity contribution in [3.8, 4) is 5.82 Å². The maximum Gasteiger partial charge on any atom is 0.340 e. The van der Waals surface area contributed by atoms with Crippen molar-refractivity contribution in [3.05, 3.63) is 86.1 Å². The Bertz CT molecular complexity index is 1280. The van der Waals surface area contributed by atoms with Crippen LogP contribution in [0.5, 0.6) is 0 Å². The van der Waals surface area contributed by atoms with Crippen molar-refractivity contribution in [3.63, 3.8) is 0 Å². The summed E-state index contributed by atoms with van der Waals surface area (Å²) in [6, 6.07) is 11.9. The Morgan fingerprint density at radius 1 is 1.17 bits per heavy atom. The lowest BCUT2D eigenvalue weighted by Gasteiger charge is -2.08. The number of aryl methyl sites for hydroxylation is 2. The third kappa shape index (κ3) is 3.97. The van der Waals surface area contributed by atoms with E-state index in [1.54, 1.807) is 28.9 Å². The van der Waals surface area contributed by atoms with Crippen molar-refractivity contribution in [2.75, 3.05) is 0 Å². The maximum atomic E-state index is 12.4. The average molecular weight is 454 g/mol. The number of benzene rings is 1. The van der Waals surface area contributed by atoms with Gasteiger partial charge in [-0.15, -0.1) is 0 Å². The lowest BCUT2D eigenvalue weighted by Crippen LogP contribution is -2.09. The highest BCUT2D eigenvalue weighted by Gasteiger charge is 2.13. The summed E-state index contributed by atoms with van der Waals surface area (Å²) in [5.41, 5.74) is 2.65. The first kappa shape index (κ1) is 19.1. The molecule has 0 atom stereocenters. The number of rotatable bonds is 4. The highest BCUT2D eigenvalue weighted by atomic mass is 79.9. The fourth-order valence-corrected chi connectivity index (χ4v) is 3.38. The third-order valence-corrected chi connectivity index (χ3v) is 4.85. The van der Waals surface area contributed by atoms with Crippen LogP contribution in [0.15, 0.2) is 62.3 Å². The van der Waals surface area contributed by atoms with E-state index in [0.29, 0.717) is 27.9 Å². The Labute approximate surface area is 174 Å². The van der Waals surface area contributed by atoms with E-state index in [4.69, 9.17) is 9.15 Å². The molecule has 7 nitrogen and oxygen atoms in total. The van der Waals surface area contributed by atoms with Gasteiger partial charge in [0, 0.05) is 33.4 Å². The largest absolute Gasteiger partial charge is 0.457 e. The summed E-state index contributed by atoms with van der Waals surface area (Å²) in [7, 11) is 0. The number of fused-ring (bicyclic) bond motifs is 1. The van der Waals surface area contributed by atoms with Crippen LogP contribution in [0.3, 0.4) is 0 Å². The Morgan fingerprint density at radius 3 is 2.69 bits per heavy atom. The van der Waals surface area contributed by atoms with Gasteiger partial charge >= 0.3 is 11.6 Å². The van der Waals surface area contributed by atoms with Gasteiger partial charge in [-0.2, -0.15) is 5.10 Å². The van der Waals surface area contributed by atoms with E-state index < -0.39 is 11.6 Å². The second kappa shape index (κ2) is 7.63. The van der Waals surface area contributed by atoms with Crippen molar-refractivity contribution >= 4 is 32.9 Å². The molecule has 0 aliphatic rings. The predicted molar refractivity (Wildman–Crippen MR) is 110 cm³/mol. The molecule has 8 heteroatoms. The van der Waals surface area contributed by atoms with Crippen molar-refractivity contribution < 1.29 is 13.9 Å². The topological polar surface area (TPSA) is 87.2 Å². The van der Waals surface area contributed by atoms with Gasteiger partial charge in [-0.3, -0.25) is 0 Å². The van der Waals surface area contributed by atoms with E-state index in [1.807, 2.05) is 26.0 Å². The summed E-state index contributed by atoms with van der Waals surface area (Å²) in [6.45, 7) is 3.78. The summed E-state index contributed by atoms with van der Waals surface area (Å²) in [5, 5.41) is 5.08. The number of aromatic nitrogens is 3. The Balaban J connectivity index is 1.52. The summed E-state index contributed by atoms with van der Waals surface area (Å²) in [6.07, 6.45) is 1.45. The van der Waals surface area contributed by atoms with Crippen LogP contribution in [0.2, 0.25) is 0 Å². The first-order valence-corrected chi connectivity index (χ1v) is 9.59. The molecule has 0 N–H and O–H groups in total. The lowest BCUT2D eigenvalue weighted by molar-refractivity contribution is 0.0473. The lowest BCUT2D eigenvalue weighted by atomic mass is 10.1. The minimum atomic E-state index is -0.532. The molecule has 0 saturated heterocycles. The van der Waals surface area contributed by atoms with Gasteiger partial charge in [0.05, 0.1) is 11.3 Å². The van der Waals surface area contributed by atoms with E-state index in [1.165, 1.54) is 12.3 Å². The number of carbonyl (C=O) groups excluding carboxylic acids is 1. The summed E-state index contributed by atoms with van der Waals surface area (Å²) in [5.74, 6) is 0.0836. The molecule has 0 aliphatic heterocycles. The molecular formula is C21H16BrN3O4. The number of nitrogens with zero attached hydrogens (tertiary/aromatic N) is 3. The van der Waals surface area contributed by atoms with Crippen LogP contribution >= 0.6 is 15.9 Å². The fourth-order valence-electron chi connectivity index (χ4n) is 3.04. The minimum Gasteiger partial charge on any atom is -0.457 e. The molecule has 0 bridgehead atoms. The zero-order chi connectivity index (χ0) is 20.5. The molecule has 0 saturated carbocycles. The highest BCUT2D eigenvalue weighted by Crippen LogP contribution is 2.22. The number of hydrogen-bond donors (Lipinski definition) is 0. The van der Waals surface area contributed by atoms with Gasteiger partial charge in [-0.25, -0.2) is 19.3 Å². The van der Waals surface area contributed by atoms with Gasteiger partial charge in [0.25, 0.3) is 0 Å². The third-order valence-electron chi connectivity index (χ3n) is 4.36. The second-order valence-corrected chi connectivity index (χ2v) is 7.47. The molecule has 0 radical (unpaired) electrons. The number of ether oxygens (including phenoxy) is 1. The van der Waals surface area contributed by atoms with Crippen LogP contribution in [0.1, 0.15) is 27.3 Å². The molecule has 146 valence electrons. The normalized spacial score (nSPS) is 11.0. The van der Waals surface area contributed by atoms with Gasteiger partial charge in [0.1, 0.15) is 12.2 Å². The second-order valence-electron chi connectivity index (χ2n) is 6.55. The van der Waals surface area contributed by atoms with Gasteiger partial charge < -0.3 is 9.15 Å². The number of hydrogen-bond acceptors (Lipinski definition) is 6. The van der Waals surface area contributed by atoms with Gasteiger partial charge in [0.15, 0.2) is 5.82 Å². The van der Waals surface area contributed by atoms with E-state index >= 15 is 0 Å². The Hall–Kier alpha value is -3.26. The smallest absolute Gasteiger partial charge is 0.340 e. The van der Waals surface area contributed by atoms with E-state index in [9.17, 15) is 9.59 Å². The van der Waals surface area contributed by atoms with Gasteiger partial charge in [-0.1, -0.05) is 15.9 Å². The van der Waals surface area contributed by atoms with Crippen LogP contribution in [0.4, 0.5) is 0 Å². The Morgan fingerprint density at radius 2 is 2.00 bits per heavy atom. The van der Waals surface area contributed by atoms with Gasteiger partial charge in [-0.05, 0) is 50.2 Å². The number of esters is 1. The molecule has 0 fully saturated rings. The molecule has 1 aromatic carbocycles. The van der Waals surface area contributed by atoms with Gasteiger partial charge in [0.2, 0.25) is 0 Å². The van der Waals surface area contributed by atoms with Crippen LogP contribution in [0.25, 0.3) is 16.8 Å². The van der Waals surface area contributed by atoms with Crippen LogP contribution in [-0.4, -0.2) is 20.7 Å². The highest BCUT2D eigenvalue weighted by molar-refractivity contribution is 9.10. The molecule has 0 aliphatic carbocycles. The molecule has 3 heterocycles. The molecule has 0 amide bonds. The van der Waals surface area contributed by atoms with Crippen molar-refractivity contribution in [2.24, 2.45) is 0 Å². The zero-order valence-corrected chi connectivity index (χ0v) is 17.3. The van der Waals surface area contributed by atoms with E-state index in [2.05, 4.69) is 26.0 Å². The predicted octanol–water partition coefficient (Wildman–Crippen LogP) is 4.11. The first-order chi connectivity index (χ1) is 13.9. The van der Waals surface area contributed by atoms with Crippen LogP contribution in [0, 0.1) is 13.8 Å². The average Bonchev–Trinajstić information content (AvgIpc) is 3.03. The van der Waals surface area contributed by atoms with E-state index in [-0.39, 0.29) is 6.61 Å². The molecular weight excluding hydrogens is 438 g/mol. The monoisotopic (exact) mass is 453 g/mol. The maximum absolute atomic E-state index is 12.4. The van der Waals surface area contributed by atoms with Crippen molar-refractivity contribution in [1.29, 1.82) is 0 Å². The molecule has 29 heavy (non-hydrogen) atoms. The van der Waals surface area contributed by atoms with Crippen LogP contribution in [-0.2, 0) is 11.3 Å². The first-order valence-electron chi connectivity index (χ1n) is 8.80. The number of halogens is 1. The molecule has 0 spiro atoms. The van der Waals surface area contributed by atoms with E-state index in [0.717, 1.165) is 15.9 Å². The Kier molecular flexibility index (Phi) is 5.02. The summed E-state index contributed by atoms with van der Waals surface area (Å²) in [4.78, 5) is 28.5. The number of carbonyl (C=O) groups is 1. The summed E-state index contributed by atoms with van der Waals surface area (Å²) < 4.78 is 13.1. The number of pyridine rings is 1. The molecule has 4 rings (SSSR count). The zero-order valence-electron chi connectivity index (χ0n) is 15.7. The molecule has 4 aromatic rings. The minimum absolute atomic E-state index is 0.0538. The van der Waals surface area contributed by atoms with Crippen LogP contribution < -0.4 is 5.63 Å². The summed E-state index contributed by atoms with van der Waals surface area (Å²) >= 11 is 3.34. The molecule has 3 aromatic heterocycles.